The second-order valence-electron chi connectivity index (χ2n) is 2.87. The lowest BCUT2D eigenvalue weighted by Crippen LogP contribution is -1.90. The minimum absolute atomic E-state index is 1.06. The Kier molecular flexibility index (Phi) is 2.08. The van der Waals surface area contributed by atoms with Crippen LogP contribution >= 0.6 is 0 Å². The molecule has 58 valence electrons. The van der Waals surface area contributed by atoms with Crippen molar-refractivity contribution >= 4 is 5.57 Å². The molecule has 0 saturated heterocycles. The second kappa shape index (κ2) is 2.87. The van der Waals surface area contributed by atoms with Crippen LogP contribution in [-0.2, 0) is 0 Å². The molecule has 0 aliphatic carbocycles. The third kappa shape index (κ3) is 1.67. The van der Waals surface area contributed by atoms with E-state index in [2.05, 4.69) is 17.6 Å². The van der Waals surface area contributed by atoms with Gasteiger partial charge in [0.25, 0.3) is 0 Å². The maximum atomic E-state index is 4.33. The van der Waals surface area contributed by atoms with Gasteiger partial charge in [-0.05, 0) is 38.0 Å². The molecule has 0 N–H and O–H groups in total. The molecule has 0 aliphatic heterocycles. The molecule has 0 aliphatic rings. The normalized spacial score (nSPS) is 9.73. The molecule has 1 heteroatoms. The predicted molar refractivity (Wildman–Crippen MR) is 48.4 cm³/mol. The summed E-state index contributed by atoms with van der Waals surface area (Å²) in [6, 6.07) is 4.08. The summed E-state index contributed by atoms with van der Waals surface area (Å²) in [5.74, 6) is 0. The number of rotatable bonds is 1. The van der Waals surface area contributed by atoms with Gasteiger partial charge in [-0.3, -0.25) is 4.98 Å². The SMILES string of the molecule is C=C(C)c1ccc(C)nc1C. The third-order valence-electron chi connectivity index (χ3n) is 1.68. The van der Waals surface area contributed by atoms with Crippen LogP contribution in [0.15, 0.2) is 18.7 Å². The lowest BCUT2D eigenvalue weighted by Gasteiger charge is -2.03. The standard InChI is InChI=1S/C10H13N/c1-7(2)10-6-5-8(3)11-9(10)4/h5-6H,1H2,2-4H3. The van der Waals surface area contributed by atoms with Crippen molar-refractivity contribution in [3.8, 4) is 0 Å². The van der Waals surface area contributed by atoms with Crippen LogP contribution in [0, 0.1) is 13.8 Å². The Morgan fingerprint density at radius 2 is 2.00 bits per heavy atom. The summed E-state index contributed by atoms with van der Waals surface area (Å²) in [4.78, 5) is 4.33. The van der Waals surface area contributed by atoms with Crippen LogP contribution < -0.4 is 0 Å². The van der Waals surface area contributed by atoms with Gasteiger partial charge in [-0.2, -0.15) is 0 Å². The van der Waals surface area contributed by atoms with E-state index in [4.69, 9.17) is 0 Å². The average Bonchev–Trinajstić information content (AvgIpc) is 1.85. The van der Waals surface area contributed by atoms with Gasteiger partial charge in [-0.15, -0.1) is 0 Å². The summed E-state index contributed by atoms with van der Waals surface area (Å²) in [6.45, 7) is 9.88. The number of allylic oxidation sites excluding steroid dienone is 1. The van der Waals surface area contributed by atoms with Crippen LogP contribution in [0.2, 0.25) is 0 Å². The highest BCUT2D eigenvalue weighted by Gasteiger charge is 1.98. The molecule has 11 heavy (non-hydrogen) atoms. The monoisotopic (exact) mass is 147 g/mol. The summed E-state index contributed by atoms with van der Waals surface area (Å²) in [5, 5.41) is 0. The van der Waals surface area contributed by atoms with Crippen molar-refractivity contribution in [2.24, 2.45) is 0 Å². The van der Waals surface area contributed by atoms with Gasteiger partial charge in [-0.1, -0.05) is 12.6 Å². The highest BCUT2D eigenvalue weighted by Crippen LogP contribution is 2.14. The van der Waals surface area contributed by atoms with Gasteiger partial charge in [0.1, 0.15) is 0 Å². The second-order valence-corrected chi connectivity index (χ2v) is 2.87. The van der Waals surface area contributed by atoms with E-state index >= 15 is 0 Å². The number of aromatic nitrogens is 1. The Bertz CT molecular complexity index is 287. The zero-order valence-corrected chi connectivity index (χ0v) is 7.31. The molecule has 0 fully saturated rings. The molecule has 0 saturated carbocycles. The molecular weight excluding hydrogens is 134 g/mol. The van der Waals surface area contributed by atoms with E-state index in [-0.39, 0.29) is 0 Å². The lowest BCUT2D eigenvalue weighted by molar-refractivity contribution is 1.11. The fourth-order valence-corrected chi connectivity index (χ4v) is 1.14. The first-order valence-electron chi connectivity index (χ1n) is 3.71. The molecule has 0 amide bonds. The Balaban J connectivity index is 3.20. The lowest BCUT2D eigenvalue weighted by atomic mass is 10.1. The highest BCUT2D eigenvalue weighted by atomic mass is 14.7. The number of nitrogens with zero attached hydrogens (tertiary/aromatic N) is 1. The van der Waals surface area contributed by atoms with E-state index in [1.54, 1.807) is 0 Å². The molecule has 1 nitrogen and oxygen atoms in total. The van der Waals surface area contributed by atoms with Crippen LogP contribution in [0.3, 0.4) is 0 Å². The van der Waals surface area contributed by atoms with E-state index in [0.717, 1.165) is 22.5 Å². The fourth-order valence-electron chi connectivity index (χ4n) is 1.14. The van der Waals surface area contributed by atoms with Crippen LogP contribution in [-0.4, -0.2) is 4.98 Å². The number of pyridine rings is 1. The molecule has 0 radical (unpaired) electrons. The van der Waals surface area contributed by atoms with Crippen molar-refractivity contribution in [1.29, 1.82) is 0 Å². The first-order chi connectivity index (χ1) is 5.11. The third-order valence-corrected chi connectivity index (χ3v) is 1.68. The molecule has 0 bridgehead atoms. The highest BCUT2D eigenvalue weighted by molar-refractivity contribution is 5.62. The number of hydrogen-bond donors (Lipinski definition) is 0. The van der Waals surface area contributed by atoms with Gasteiger partial charge in [0.15, 0.2) is 0 Å². The maximum absolute atomic E-state index is 4.33. The van der Waals surface area contributed by atoms with Crippen LogP contribution in [0.4, 0.5) is 0 Å². The Morgan fingerprint density at radius 1 is 1.36 bits per heavy atom. The van der Waals surface area contributed by atoms with Crippen molar-refractivity contribution in [2.45, 2.75) is 20.8 Å². The van der Waals surface area contributed by atoms with Gasteiger partial charge < -0.3 is 0 Å². The van der Waals surface area contributed by atoms with Crippen LogP contribution in [0.5, 0.6) is 0 Å². The Hall–Kier alpha value is -1.11. The van der Waals surface area contributed by atoms with Crippen LogP contribution in [0.1, 0.15) is 23.9 Å². The largest absolute Gasteiger partial charge is 0.258 e. The van der Waals surface area contributed by atoms with Crippen molar-refractivity contribution in [2.75, 3.05) is 0 Å². The summed E-state index contributed by atoms with van der Waals surface area (Å²) < 4.78 is 0. The van der Waals surface area contributed by atoms with Gasteiger partial charge in [0.2, 0.25) is 0 Å². The van der Waals surface area contributed by atoms with Crippen LogP contribution in [0.25, 0.3) is 5.57 Å². The van der Waals surface area contributed by atoms with E-state index in [0.29, 0.717) is 0 Å². The topological polar surface area (TPSA) is 12.9 Å². The predicted octanol–water partition coefficient (Wildman–Crippen LogP) is 2.73. The number of hydrogen-bond acceptors (Lipinski definition) is 1. The van der Waals surface area contributed by atoms with E-state index < -0.39 is 0 Å². The average molecular weight is 147 g/mol. The van der Waals surface area contributed by atoms with Crippen molar-refractivity contribution in [1.82, 2.24) is 4.98 Å². The van der Waals surface area contributed by atoms with Crippen molar-refractivity contribution < 1.29 is 0 Å². The summed E-state index contributed by atoms with van der Waals surface area (Å²) in [5.41, 5.74) is 4.37. The Labute approximate surface area is 67.8 Å². The first-order valence-corrected chi connectivity index (χ1v) is 3.71. The minimum atomic E-state index is 1.06. The van der Waals surface area contributed by atoms with E-state index in [1.807, 2.05) is 26.8 Å². The van der Waals surface area contributed by atoms with Gasteiger partial charge >= 0.3 is 0 Å². The molecule has 0 unspecified atom stereocenters. The first kappa shape index (κ1) is 7.99. The molecule has 1 aromatic heterocycles. The van der Waals surface area contributed by atoms with Gasteiger partial charge in [0, 0.05) is 11.4 Å². The zero-order valence-electron chi connectivity index (χ0n) is 7.31. The van der Waals surface area contributed by atoms with Crippen molar-refractivity contribution in [3.05, 3.63) is 35.7 Å². The fraction of sp³-hybridized carbons (Fsp3) is 0.300. The molecule has 0 spiro atoms. The quantitative estimate of drug-likeness (QED) is 0.595. The van der Waals surface area contributed by atoms with Gasteiger partial charge in [0.05, 0.1) is 0 Å². The van der Waals surface area contributed by atoms with E-state index in [9.17, 15) is 0 Å². The summed E-state index contributed by atoms with van der Waals surface area (Å²) in [6.07, 6.45) is 0. The Morgan fingerprint density at radius 3 is 2.45 bits per heavy atom. The molecule has 0 aromatic carbocycles. The minimum Gasteiger partial charge on any atom is -0.258 e. The number of aryl methyl sites for hydroxylation is 2. The van der Waals surface area contributed by atoms with Crippen molar-refractivity contribution in [3.63, 3.8) is 0 Å². The molecular formula is C10H13N. The molecule has 1 heterocycles. The maximum Gasteiger partial charge on any atom is 0.0450 e. The van der Waals surface area contributed by atoms with E-state index in [1.165, 1.54) is 0 Å². The smallest absolute Gasteiger partial charge is 0.0450 e. The molecule has 0 atom stereocenters. The summed E-state index contributed by atoms with van der Waals surface area (Å²) in [7, 11) is 0. The summed E-state index contributed by atoms with van der Waals surface area (Å²) >= 11 is 0. The molecule has 1 rings (SSSR count). The zero-order chi connectivity index (χ0) is 8.43. The van der Waals surface area contributed by atoms with Gasteiger partial charge in [-0.25, -0.2) is 0 Å². The molecule has 1 aromatic rings.